The number of aromatic hydroxyl groups is 2. The maximum atomic E-state index is 12.3. The van der Waals surface area contributed by atoms with E-state index in [1.54, 1.807) is 24.3 Å². The molecule has 6 rings (SSSR count). The van der Waals surface area contributed by atoms with E-state index < -0.39 is 0 Å². The third-order valence-electron chi connectivity index (χ3n) is 6.07. The van der Waals surface area contributed by atoms with Gasteiger partial charge in [-0.2, -0.15) is 18.9 Å². The minimum Gasteiger partial charge on any atom is -0.617 e. The fourth-order valence-electron chi connectivity index (χ4n) is 4.35. The number of aromatic nitrogens is 4. The molecule has 13 heteroatoms. The van der Waals surface area contributed by atoms with Crippen molar-refractivity contribution in [3.8, 4) is 23.0 Å². The molecule has 0 aliphatic carbocycles. The minimum absolute atomic E-state index is 0. The second-order valence-corrected chi connectivity index (χ2v) is 8.12. The Hall–Kier alpha value is -5.00. The Balaban J connectivity index is 0.000000176. The predicted molar refractivity (Wildman–Crippen MR) is 135 cm³/mol. The summed E-state index contributed by atoms with van der Waals surface area (Å²) in [6.45, 7) is 0. The first-order valence-electron chi connectivity index (χ1n) is 11.2. The van der Waals surface area contributed by atoms with Crippen molar-refractivity contribution in [3.63, 3.8) is 0 Å². The Morgan fingerprint density at radius 2 is 0.769 bits per heavy atom. The summed E-state index contributed by atoms with van der Waals surface area (Å²) in [6.07, 6.45) is 0. The summed E-state index contributed by atoms with van der Waals surface area (Å²) < 4.78 is 12.5. The van der Waals surface area contributed by atoms with Crippen LogP contribution in [-0.2, 0) is 17.1 Å². The van der Waals surface area contributed by atoms with Gasteiger partial charge in [0.25, 0.3) is 22.1 Å². The van der Waals surface area contributed by atoms with E-state index in [1.165, 1.54) is 62.8 Å². The zero-order chi connectivity index (χ0) is 27.1. The van der Waals surface area contributed by atoms with Gasteiger partial charge in [0.2, 0.25) is 0 Å². The van der Waals surface area contributed by atoms with Crippen LogP contribution in [0.1, 0.15) is 0 Å². The van der Waals surface area contributed by atoms with E-state index >= 15 is 0 Å². The van der Waals surface area contributed by atoms with Crippen molar-refractivity contribution in [2.24, 2.45) is 0 Å². The number of benzene rings is 4. The average molecular weight is 580 g/mol. The molecule has 2 aromatic heterocycles. The van der Waals surface area contributed by atoms with Crippen LogP contribution >= 0.6 is 0 Å². The van der Waals surface area contributed by atoms with Crippen LogP contribution in [0, 0.1) is 20.8 Å². The zero-order valence-electron chi connectivity index (χ0n) is 20.4. The summed E-state index contributed by atoms with van der Waals surface area (Å²) in [5.74, 6) is 0.147. The Morgan fingerprint density at radius 1 is 0.487 bits per heavy atom. The van der Waals surface area contributed by atoms with Crippen molar-refractivity contribution >= 4 is 44.1 Å². The van der Waals surface area contributed by atoms with Crippen LogP contribution in [0.5, 0.6) is 23.0 Å². The van der Waals surface area contributed by atoms with Crippen LogP contribution in [0.2, 0.25) is 0 Å². The first-order chi connectivity index (χ1) is 18.3. The molecule has 4 aromatic carbocycles. The van der Waals surface area contributed by atoms with Crippen molar-refractivity contribution in [2.45, 2.75) is 0 Å². The average Bonchev–Trinajstić information content (AvgIpc) is 2.93. The van der Waals surface area contributed by atoms with Crippen LogP contribution in [0.15, 0.2) is 72.8 Å². The molecular weight excluding hydrogens is 560 g/mol. The molecule has 0 bridgehead atoms. The standard InChI is InChI=1S/2C13H10N2O4.Cu/c2*1-19-11-7-3-5-9-13(11)15(18)8-4-2-6-10(16)12(8)14(9)17;/h2*2-7,16H,1H3;. The molecule has 39 heavy (non-hydrogen) atoms. The van der Waals surface area contributed by atoms with Crippen LogP contribution in [0.4, 0.5) is 0 Å². The quantitative estimate of drug-likeness (QED) is 0.136. The van der Waals surface area contributed by atoms with Gasteiger partial charge >= 0.3 is 22.1 Å². The number of methoxy groups -OCH3 is 2. The molecule has 203 valence electrons. The van der Waals surface area contributed by atoms with Gasteiger partial charge in [-0.25, -0.2) is 0 Å². The summed E-state index contributed by atoms with van der Waals surface area (Å²) in [4.78, 5) is 0. The Kier molecular flexibility index (Phi) is 7.21. The van der Waals surface area contributed by atoms with E-state index in [-0.39, 0.29) is 72.7 Å². The summed E-state index contributed by atoms with van der Waals surface area (Å²) in [5, 5.41) is 68.8. The van der Waals surface area contributed by atoms with Crippen LogP contribution in [0.3, 0.4) is 0 Å². The van der Waals surface area contributed by atoms with E-state index in [0.29, 0.717) is 30.4 Å². The second kappa shape index (κ2) is 10.4. The molecule has 0 atom stereocenters. The molecule has 2 N–H and O–H groups in total. The van der Waals surface area contributed by atoms with Crippen molar-refractivity contribution < 1.29 is 55.7 Å². The van der Waals surface area contributed by atoms with Gasteiger partial charge in [0, 0.05) is 41.3 Å². The second-order valence-electron chi connectivity index (χ2n) is 8.12. The van der Waals surface area contributed by atoms with Gasteiger partial charge in [0.1, 0.15) is 0 Å². The molecule has 6 aromatic rings. The van der Waals surface area contributed by atoms with Gasteiger partial charge in [-0.15, -0.1) is 0 Å². The summed E-state index contributed by atoms with van der Waals surface area (Å²) in [5.41, 5.74) is 0.624. The number of para-hydroxylation sites is 4. The molecule has 0 amide bonds. The molecule has 2 heterocycles. The smallest absolute Gasteiger partial charge is 0.332 e. The van der Waals surface area contributed by atoms with Gasteiger partial charge in [-0.05, 0) is 24.3 Å². The first-order valence-corrected chi connectivity index (χ1v) is 11.2. The Bertz CT molecular complexity index is 1750. The van der Waals surface area contributed by atoms with E-state index in [0.717, 1.165) is 0 Å². The van der Waals surface area contributed by atoms with Gasteiger partial charge < -0.3 is 40.5 Å². The predicted octanol–water partition coefficient (Wildman–Crippen LogP) is 1.95. The van der Waals surface area contributed by atoms with E-state index in [9.17, 15) is 31.0 Å². The van der Waals surface area contributed by atoms with Gasteiger partial charge in [0.15, 0.2) is 23.0 Å². The van der Waals surface area contributed by atoms with Crippen molar-refractivity contribution in [1.82, 2.24) is 0 Å². The molecule has 0 aliphatic heterocycles. The monoisotopic (exact) mass is 579 g/mol. The topological polar surface area (TPSA) is 167 Å². The normalized spacial score (nSPS) is 10.7. The van der Waals surface area contributed by atoms with Crippen LogP contribution < -0.4 is 28.4 Å². The fourth-order valence-corrected chi connectivity index (χ4v) is 4.35. The maximum Gasteiger partial charge on any atom is 0.332 e. The third kappa shape index (κ3) is 4.19. The molecule has 0 saturated heterocycles. The summed E-state index contributed by atoms with van der Waals surface area (Å²) >= 11 is 0. The molecule has 0 aliphatic rings. The molecular formula is C26H20CuN4O8. The molecule has 1 radical (unpaired) electrons. The number of nitrogens with zero attached hydrogens (tertiary/aromatic N) is 4. The number of rotatable bonds is 2. The minimum atomic E-state index is -0.234. The summed E-state index contributed by atoms with van der Waals surface area (Å²) in [6, 6.07) is 18.1. The van der Waals surface area contributed by atoms with E-state index in [1.807, 2.05) is 0 Å². The zero-order valence-corrected chi connectivity index (χ0v) is 21.3. The van der Waals surface area contributed by atoms with Crippen LogP contribution in [-0.4, -0.2) is 24.4 Å². The summed E-state index contributed by atoms with van der Waals surface area (Å²) in [7, 11) is 2.85. The van der Waals surface area contributed by atoms with E-state index in [2.05, 4.69) is 0 Å². The molecule has 0 fully saturated rings. The SMILES string of the molecule is COc1cccc2c1[n+]([O-])c1cccc(O)c1[n+]2[O-].COc1cccc2c1[n+]([O-])c1cccc(O)c1[n+]2[O-].[Cu]. The van der Waals surface area contributed by atoms with Crippen molar-refractivity contribution in [2.75, 3.05) is 14.2 Å². The number of ether oxygens (including phenoxy) is 2. The number of fused-ring (bicyclic) bond motifs is 4. The van der Waals surface area contributed by atoms with Gasteiger partial charge in [0.05, 0.1) is 14.2 Å². The number of hydrogen-bond acceptors (Lipinski definition) is 8. The Morgan fingerprint density at radius 3 is 1.10 bits per heavy atom. The number of hydrogen-bond donors (Lipinski definition) is 2. The molecule has 0 spiro atoms. The largest absolute Gasteiger partial charge is 0.617 e. The fraction of sp³-hybridized carbons (Fsp3) is 0.0769. The third-order valence-corrected chi connectivity index (χ3v) is 6.07. The number of phenols is 2. The maximum absolute atomic E-state index is 12.3. The molecule has 12 nitrogen and oxygen atoms in total. The van der Waals surface area contributed by atoms with Crippen molar-refractivity contribution in [1.29, 1.82) is 0 Å². The molecule has 0 saturated carbocycles. The first kappa shape index (κ1) is 27.0. The van der Waals surface area contributed by atoms with Crippen LogP contribution in [0.25, 0.3) is 44.1 Å². The Labute approximate surface area is 230 Å². The van der Waals surface area contributed by atoms with Crippen molar-refractivity contribution in [3.05, 3.63) is 93.6 Å². The molecule has 0 unspecified atom stereocenters. The number of phenolic OH excluding ortho intramolecular Hbond substituents is 2. The van der Waals surface area contributed by atoms with Gasteiger partial charge in [-0.3, -0.25) is 0 Å². The van der Waals surface area contributed by atoms with E-state index in [4.69, 9.17) is 9.47 Å². The van der Waals surface area contributed by atoms with Gasteiger partial charge in [-0.1, -0.05) is 24.3 Å².